The molecule has 0 spiro atoms. The molecular weight excluding hydrogens is 263 g/mol. The van der Waals surface area contributed by atoms with Gasteiger partial charge in [-0.15, -0.1) is 0 Å². The maximum Gasteiger partial charge on any atom is 0.491 e. The Morgan fingerprint density at radius 1 is 1.11 bits per heavy atom. The molecule has 0 saturated carbocycles. The maximum absolute atomic E-state index is 10.2. The Morgan fingerprint density at radius 2 is 1.58 bits per heavy atom. The third-order valence-corrected chi connectivity index (χ3v) is 2.20. The molecule has 0 bridgehead atoms. The summed E-state index contributed by atoms with van der Waals surface area (Å²) < 4.78 is 8.51. The van der Waals surface area contributed by atoms with Crippen molar-refractivity contribution in [2.75, 3.05) is 0 Å². The molecule has 1 atom stereocenters. The van der Waals surface area contributed by atoms with Crippen molar-refractivity contribution in [3.05, 3.63) is 35.4 Å². The summed E-state index contributed by atoms with van der Waals surface area (Å²) in [4.78, 5) is 26.4. The predicted octanol–water partition coefficient (Wildman–Crippen LogP) is 2.89. The molecule has 5 heteroatoms. The van der Waals surface area contributed by atoms with E-state index < -0.39 is 8.69 Å². The fourth-order valence-electron chi connectivity index (χ4n) is 1.36. The Kier molecular flexibility index (Phi) is 17.4. The molecule has 0 saturated heterocycles. The van der Waals surface area contributed by atoms with E-state index in [9.17, 15) is 9.59 Å². The Bertz CT molecular complexity index is 353. The second kappa shape index (κ2) is 16.6. The van der Waals surface area contributed by atoms with Crippen molar-refractivity contribution in [1.29, 1.82) is 0 Å². The number of carbonyl (C=O) groups excluding carboxylic acids is 2. The van der Waals surface area contributed by atoms with Gasteiger partial charge in [0, 0.05) is 12.8 Å². The van der Waals surface area contributed by atoms with Gasteiger partial charge in [0.25, 0.3) is 0 Å². The SMILES string of the molecule is CCC=O.CCc1ccccc1CCC=O.O=[PH+]O. The van der Waals surface area contributed by atoms with Gasteiger partial charge in [0.05, 0.1) is 0 Å². The highest BCUT2D eigenvalue weighted by Crippen LogP contribution is 2.10. The molecule has 1 unspecified atom stereocenters. The molecular formula is C14H22O4P+. The standard InChI is InChI=1S/C11H14O.C3H6O.HO2P/c1-2-10-6-3-4-7-11(10)8-5-9-12;1-2-3-4;1-3-2/h3-4,6-7,9H,2,5,8H2,1H3;3H,2H2,1H3;3H/p+1. The van der Waals surface area contributed by atoms with Gasteiger partial charge in [-0.25, -0.2) is 0 Å². The summed E-state index contributed by atoms with van der Waals surface area (Å²) in [6.07, 6.45) is 5.06. The molecule has 1 rings (SSSR count). The van der Waals surface area contributed by atoms with E-state index in [-0.39, 0.29) is 0 Å². The summed E-state index contributed by atoms with van der Waals surface area (Å²) in [5.74, 6) is 0. The summed E-state index contributed by atoms with van der Waals surface area (Å²) in [5, 5.41) is 0. The first-order chi connectivity index (χ1) is 9.21. The van der Waals surface area contributed by atoms with Crippen molar-refractivity contribution in [3.63, 3.8) is 0 Å². The van der Waals surface area contributed by atoms with Gasteiger partial charge < -0.3 is 9.59 Å². The lowest BCUT2D eigenvalue weighted by molar-refractivity contribution is -0.108. The van der Waals surface area contributed by atoms with E-state index in [0.29, 0.717) is 12.8 Å². The van der Waals surface area contributed by atoms with E-state index >= 15 is 0 Å². The minimum absolute atomic E-state index is 0.636. The van der Waals surface area contributed by atoms with E-state index in [1.165, 1.54) is 11.1 Å². The van der Waals surface area contributed by atoms with Crippen LogP contribution in [0.1, 0.15) is 37.8 Å². The van der Waals surface area contributed by atoms with Gasteiger partial charge in [-0.1, -0.05) is 38.1 Å². The Balaban J connectivity index is 0. The first kappa shape index (κ1) is 19.9. The van der Waals surface area contributed by atoms with Crippen LogP contribution in [0.5, 0.6) is 0 Å². The van der Waals surface area contributed by atoms with Gasteiger partial charge in [-0.05, 0) is 28.5 Å². The molecule has 1 N–H and O–H groups in total. The average molecular weight is 285 g/mol. The molecule has 0 aliphatic rings. The van der Waals surface area contributed by atoms with Crippen molar-refractivity contribution in [2.24, 2.45) is 0 Å². The van der Waals surface area contributed by atoms with E-state index in [2.05, 4.69) is 19.1 Å². The summed E-state index contributed by atoms with van der Waals surface area (Å²) >= 11 is 0. The van der Waals surface area contributed by atoms with Crippen molar-refractivity contribution >= 4 is 21.3 Å². The molecule has 106 valence electrons. The van der Waals surface area contributed by atoms with Gasteiger partial charge >= 0.3 is 8.69 Å². The molecule has 19 heavy (non-hydrogen) atoms. The van der Waals surface area contributed by atoms with E-state index in [0.717, 1.165) is 25.4 Å². The summed E-state index contributed by atoms with van der Waals surface area (Å²) in [6.45, 7) is 3.95. The van der Waals surface area contributed by atoms with Gasteiger partial charge in [0.15, 0.2) is 0 Å². The van der Waals surface area contributed by atoms with Crippen LogP contribution in [0.4, 0.5) is 0 Å². The lowest BCUT2D eigenvalue weighted by Gasteiger charge is -2.04. The summed E-state index contributed by atoms with van der Waals surface area (Å²) in [5.41, 5.74) is 2.67. The van der Waals surface area contributed by atoms with Gasteiger partial charge in [-0.2, -0.15) is 4.89 Å². The van der Waals surface area contributed by atoms with Crippen LogP contribution < -0.4 is 0 Å². The minimum Gasteiger partial charge on any atom is -0.303 e. The zero-order valence-electron chi connectivity index (χ0n) is 11.5. The molecule has 0 aliphatic carbocycles. The number of hydrogen-bond acceptors (Lipinski definition) is 3. The number of rotatable bonds is 5. The topological polar surface area (TPSA) is 71.4 Å². The highest BCUT2D eigenvalue weighted by Gasteiger charge is 1.97. The highest BCUT2D eigenvalue weighted by atomic mass is 31.1. The minimum atomic E-state index is -1.17. The lowest BCUT2D eigenvalue weighted by Crippen LogP contribution is -1.92. The zero-order valence-corrected chi connectivity index (χ0v) is 12.5. The first-order valence-corrected chi connectivity index (χ1v) is 7.02. The van der Waals surface area contributed by atoms with E-state index in [1.54, 1.807) is 0 Å². The highest BCUT2D eigenvalue weighted by molar-refractivity contribution is 7.16. The molecule has 0 amide bonds. The van der Waals surface area contributed by atoms with Crippen molar-refractivity contribution in [2.45, 2.75) is 39.5 Å². The fraction of sp³-hybridized carbons (Fsp3) is 0.429. The van der Waals surface area contributed by atoms with Crippen LogP contribution in [0.15, 0.2) is 24.3 Å². The summed E-state index contributed by atoms with van der Waals surface area (Å²) in [7, 11) is -1.17. The average Bonchev–Trinajstić information content (AvgIpc) is 2.46. The number of aldehydes is 2. The number of aryl methyl sites for hydroxylation is 2. The molecule has 1 aromatic carbocycles. The van der Waals surface area contributed by atoms with Crippen LogP contribution in [0.2, 0.25) is 0 Å². The Labute approximate surface area is 116 Å². The van der Waals surface area contributed by atoms with E-state index in [1.807, 2.05) is 19.1 Å². The molecule has 0 fully saturated rings. The smallest absolute Gasteiger partial charge is 0.303 e. The fourth-order valence-corrected chi connectivity index (χ4v) is 1.36. The number of hydrogen-bond donors (Lipinski definition) is 1. The Hall–Kier alpha value is -1.38. The second-order valence-electron chi connectivity index (χ2n) is 3.49. The monoisotopic (exact) mass is 285 g/mol. The van der Waals surface area contributed by atoms with Crippen LogP contribution in [0.25, 0.3) is 0 Å². The largest absolute Gasteiger partial charge is 0.491 e. The normalized spacial score (nSPS) is 8.58. The van der Waals surface area contributed by atoms with Crippen LogP contribution >= 0.6 is 8.69 Å². The third kappa shape index (κ3) is 12.9. The zero-order chi connectivity index (χ0) is 14.9. The lowest BCUT2D eigenvalue weighted by atomic mass is 10.0. The van der Waals surface area contributed by atoms with E-state index in [4.69, 9.17) is 9.46 Å². The predicted molar refractivity (Wildman–Crippen MR) is 77.8 cm³/mol. The van der Waals surface area contributed by atoms with Crippen LogP contribution in [-0.2, 0) is 27.0 Å². The van der Waals surface area contributed by atoms with Crippen LogP contribution in [-0.4, -0.2) is 17.5 Å². The molecule has 0 radical (unpaired) electrons. The van der Waals surface area contributed by atoms with Gasteiger partial charge in [0.2, 0.25) is 0 Å². The van der Waals surface area contributed by atoms with Crippen LogP contribution in [0, 0.1) is 0 Å². The maximum atomic E-state index is 10.2. The molecule has 4 nitrogen and oxygen atoms in total. The van der Waals surface area contributed by atoms with Crippen LogP contribution in [0.3, 0.4) is 0 Å². The number of carbonyl (C=O) groups is 2. The third-order valence-electron chi connectivity index (χ3n) is 2.20. The van der Waals surface area contributed by atoms with Crippen molar-refractivity contribution in [1.82, 2.24) is 0 Å². The first-order valence-electron chi connectivity index (χ1n) is 6.16. The Morgan fingerprint density at radius 3 is 1.95 bits per heavy atom. The van der Waals surface area contributed by atoms with Gasteiger partial charge in [-0.3, -0.25) is 0 Å². The molecule has 0 aromatic heterocycles. The quantitative estimate of drug-likeness (QED) is 0.667. The van der Waals surface area contributed by atoms with Crippen molar-refractivity contribution < 1.29 is 19.0 Å². The molecule has 0 aliphatic heterocycles. The number of benzene rings is 1. The van der Waals surface area contributed by atoms with Crippen molar-refractivity contribution in [3.8, 4) is 0 Å². The molecule has 1 aromatic rings. The van der Waals surface area contributed by atoms with Gasteiger partial charge in [0.1, 0.15) is 12.6 Å². The summed E-state index contributed by atoms with van der Waals surface area (Å²) in [6, 6.07) is 8.30. The second-order valence-corrected chi connectivity index (χ2v) is 3.68. The molecule has 0 heterocycles.